The zero-order chi connectivity index (χ0) is 34.8. The molecule has 2 aromatic carbocycles. The molecule has 0 fully saturated rings. The number of aryl methyl sites for hydroxylation is 2. The molecule has 49 heavy (non-hydrogen) atoms. The van der Waals surface area contributed by atoms with Gasteiger partial charge in [0.05, 0.1) is 13.2 Å². The van der Waals surface area contributed by atoms with E-state index in [-0.39, 0.29) is 23.4 Å². The predicted octanol–water partition coefficient (Wildman–Crippen LogP) is 7.01. The molecule has 2 heterocycles. The SMILES string of the molecule is CN(CCCOC(=O)CSSCC(=O)OCCCN(C)c1ccc(/C=C/c2ccn(C)c2)cc1)c1ccc(/C=C/c2cc[n+](C)cc2)cc1. The molecule has 0 amide bonds. The van der Waals surface area contributed by atoms with Crippen LogP contribution in [0, 0.1) is 0 Å². The fraction of sp³-hybridized carbons (Fsp3) is 0.308. The van der Waals surface area contributed by atoms with E-state index < -0.39 is 0 Å². The number of hydrogen-bond donors (Lipinski definition) is 0. The molecule has 10 heteroatoms. The standard InChI is InChI=1S/C39H47N4O4S2/c1-40-24-19-34(20-25-40)8-7-32-11-15-36(16-12-32)42(3)22-5-27-46-38(44)30-48-49-31-39(45)47-28-6-23-43(4)37-17-13-33(14-18-37)9-10-35-21-26-41(2)29-35/h7-21,24-26,29H,5-6,22-23,27-28,30-31H2,1-4H3/q+1/b10-9+. The first-order valence-corrected chi connectivity index (χ1v) is 18.9. The molecule has 0 N–H and O–H groups in total. The number of carbonyl (C=O) groups excluding carboxylic acids is 2. The van der Waals surface area contributed by atoms with Crippen LogP contribution < -0.4 is 14.4 Å². The van der Waals surface area contributed by atoms with Gasteiger partial charge < -0.3 is 23.8 Å². The highest BCUT2D eigenvalue weighted by molar-refractivity contribution is 8.77. The summed E-state index contributed by atoms with van der Waals surface area (Å²) in [5.41, 5.74) is 6.83. The van der Waals surface area contributed by atoms with Crippen molar-refractivity contribution >= 4 is 69.2 Å². The summed E-state index contributed by atoms with van der Waals surface area (Å²) in [6, 6.07) is 23.0. The Morgan fingerprint density at radius 2 is 1.10 bits per heavy atom. The van der Waals surface area contributed by atoms with Crippen LogP contribution in [0.3, 0.4) is 0 Å². The predicted molar refractivity (Wildman–Crippen MR) is 206 cm³/mol. The third kappa shape index (κ3) is 13.9. The quantitative estimate of drug-likeness (QED) is 0.0449. The van der Waals surface area contributed by atoms with Crippen LogP contribution in [0.1, 0.15) is 35.1 Å². The van der Waals surface area contributed by atoms with Crippen molar-refractivity contribution in [3.63, 3.8) is 0 Å². The molecule has 0 bridgehead atoms. The minimum Gasteiger partial charge on any atom is -0.465 e. The molecule has 0 saturated heterocycles. The molecule has 2 aromatic heterocycles. The molecule has 0 spiro atoms. The van der Waals surface area contributed by atoms with Crippen molar-refractivity contribution in [1.29, 1.82) is 0 Å². The second-order valence-corrected chi connectivity index (χ2v) is 14.2. The normalized spacial score (nSPS) is 11.3. The first kappa shape index (κ1) is 37.4. The van der Waals surface area contributed by atoms with E-state index in [1.165, 1.54) is 27.2 Å². The lowest BCUT2D eigenvalue weighted by molar-refractivity contribution is -0.671. The van der Waals surface area contributed by atoms with Crippen LogP contribution in [0.4, 0.5) is 11.4 Å². The number of esters is 2. The summed E-state index contributed by atoms with van der Waals surface area (Å²) in [5, 5.41) is 0. The summed E-state index contributed by atoms with van der Waals surface area (Å²) >= 11 is 0. The fourth-order valence-electron chi connectivity index (χ4n) is 4.81. The lowest BCUT2D eigenvalue weighted by Gasteiger charge is -2.19. The van der Waals surface area contributed by atoms with Crippen LogP contribution in [0.15, 0.2) is 91.5 Å². The molecule has 0 radical (unpaired) electrons. The Bertz CT molecular complexity index is 1650. The van der Waals surface area contributed by atoms with Gasteiger partial charge in [-0.25, -0.2) is 4.57 Å². The largest absolute Gasteiger partial charge is 0.465 e. The monoisotopic (exact) mass is 699 g/mol. The zero-order valence-corrected chi connectivity index (χ0v) is 30.5. The number of nitrogens with zero attached hydrogens (tertiary/aromatic N) is 4. The van der Waals surface area contributed by atoms with Gasteiger partial charge in [-0.3, -0.25) is 9.59 Å². The van der Waals surface area contributed by atoms with Crippen LogP contribution in [0.2, 0.25) is 0 Å². The summed E-state index contributed by atoms with van der Waals surface area (Å²) in [4.78, 5) is 28.5. The first-order valence-electron chi connectivity index (χ1n) is 16.4. The maximum atomic E-state index is 12.1. The molecule has 258 valence electrons. The van der Waals surface area contributed by atoms with E-state index in [0.29, 0.717) is 13.2 Å². The second kappa shape index (κ2) is 20.2. The van der Waals surface area contributed by atoms with Crippen molar-refractivity contribution in [2.24, 2.45) is 14.1 Å². The number of benzene rings is 2. The van der Waals surface area contributed by atoms with Gasteiger partial charge in [0.15, 0.2) is 12.4 Å². The lowest BCUT2D eigenvalue weighted by Crippen LogP contribution is -2.25. The van der Waals surface area contributed by atoms with Crippen molar-refractivity contribution in [3.05, 3.63) is 114 Å². The van der Waals surface area contributed by atoms with Crippen molar-refractivity contribution in [2.45, 2.75) is 12.8 Å². The van der Waals surface area contributed by atoms with Gasteiger partial charge in [-0.1, -0.05) is 70.2 Å². The van der Waals surface area contributed by atoms with Crippen LogP contribution in [-0.4, -0.2) is 68.4 Å². The van der Waals surface area contributed by atoms with Crippen LogP contribution in [0.25, 0.3) is 24.3 Å². The maximum absolute atomic E-state index is 12.1. The molecular weight excluding hydrogens is 653 g/mol. The Balaban J connectivity index is 0.996. The van der Waals surface area contributed by atoms with E-state index in [9.17, 15) is 9.59 Å². The molecule has 0 aliphatic heterocycles. The highest BCUT2D eigenvalue weighted by Crippen LogP contribution is 2.22. The number of rotatable bonds is 19. The molecule has 4 aromatic rings. The number of hydrogen-bond acceptors (Lipinski definition) is 8. The third-order valence-corrected chi connectivity index (χ3v) is 9.78. The lowest BCUT2D eigenvalue weighted by atomic mass is 10.1. The minimum atomic E-state index is -0.278. The highest BCUT2D eigenvalue weighted by Gasteiger charge is 2.09. The molecule has 8 nitrogen and oxygen atoms in total. The Hall–Kier alpha value is -4.41. The fourth-order valence-corrected chi connectivity index (χ4v) is 6.41. The topological polar surface area (TPSA) is 67.9 Å². The summed E-state index contributed by atoms with van der Waals surface area (Å²) in [5.74, 6) is -0.174. The van der Waals surface area contributed by atoms with Crippen molar-refractivity contribution in [2.75, 3.05) is 61.7 Å². The Morgan fingerprint density at radius 1 is 0.673 bits per heavy atom. The van der Waals surface area contributed by atoms with Crippen LogP contribution in [-0.2, 0) is 33.2 Å². The highest BCUT2D eigenvalue weighted by atomic mass is 33.1. The van der Waals surface area contributed by atoms with Crippen LogP contribution >= 0.6 is 21.6 Å². The van der Waals surface area contributed by atoms with E-state index in [0.717, 1.165) is 54.0 Å². The molecule has 0 atom stereocenters. The first-order chi connectivity index (χ1) is 23.7. The minimum absolute atomic E-state index is 0.190. The molecule has 4 rings (SSSR count). The number of ether oxygens (including phenoxy) is 2. The van der Waals surface area contributed by atoms with Gasteiger partial charge in [0.2, 0.25) is 0 Å². The molecule has 0 unspecified atom stereocenters. The number of pyridine rings is 1. The van der Waals surface area contributed by atoms with Crippen molar-refractivity contribution in [3.8, 4) is 0 Å². The average Bonchev–Trinajstić information content (AvgIpc) is 3.54. The Labute approximate surface area is 298 Å². The average molecular weight is 700 g/mol. The van der Waals surface area contributed by atoms with Gasteiger partial charge in [-0.2, -0.15) is 0 Å². The Morgan fingerprint density at radius 3 is 1.53 bits per heavy atom. The van der Waals surface area contributed by atoms with Crippen LogP contribution in [0.5, 0.6) is 0 Å². The number of anilines is 2. The van der Waals surface area contributed by atoms with E-state index in [2.05, 4.69) is 107 Å². The second-order valence-electron chi connectivity index (χ2n) is 11.8. The molecular formula is C39H47N4O4S2+. The van der Waals surface area contributed by atoms with Gasteiger partial charge >= 0.3 is 11.9 Å². The van der Waals surface area contributed by atoms with Gasteiger partial charge in [-0.05, 0) is 65.4 Å². The van der Waals surface area contributed by atoms with Crippen molar-refractivity contribution < 1.29 is 23.6 Å². The summed E-state index contributed by atoms with van der Waals surface area (Å²) in [6.45, 7) is 2.26. The molecule has 0 aliphatic rings. The molecule has 0 aliphatic carbocycles. The number of carbonyl (C=O) groups is 2. The van der Waals surface area contributed by atoms with E-state index >= 15 is 0 Å². The third-order valence-electron chi connectivity index (χ3n) is 7.70. The summed E-state index contributed by atoms with van der Waals surface area (Å²) in [7, 11) is 10.7. The number of aromatic nitrogens is 2. The molecule has 0 saturated carbocycles. The van der Waals surface area contributed by atoms with E-state index in [1.807, 2.05) is 55.9 Å². The Kier molecular flexibility index (Phi) is 15.4. The smallest absolute Gasteiger partial charge is 0.316 e. The van der Waals surface area contributed by atoms with E-state index in [1.54, 1.807) is 0 Å². The van der Waals surface area contributed by atoms with Gasteiger partial charge in [0.25, 0.3) is 0 Å². The van der Waals surface area contributed by atoms with Gasteiger partial charge in [0.1, 0.15) is 18.6 Å². The van der Waals surface area contributed by atoms with Gasteiger partial charge in [-0.15, -0.1) is 0 Å². The van der Waals surface area contributed by atoms with E-state index in [4.69, 9.17) is 9.47 Å². The van der Waals surface area contributed by atoms with Crippen molar-refractivity contribution in [1.82, 2.24) is 4.57 Å². The summed E-state index contributed by atoms with van der Waals surface area (Å²) < 4.78 is 14.8. The zero-order valence-electron chi connectivity index (χ0n) is 28.9. The van der Waals surface area contributed by atoms with Gasteiger partial charge in [0, 0.05) is 70.1 Å². The summed E-state index contributed by atoms with van der Waals surface area (Å²) in [6.07, 6.45) is 18.0. The maximum Gasteiger partial charge on any atom is 0.316 e.